The molecule has 0 saturated heterocycles. The molecular weight excluding hydrogens is 122 g/mol. The van der Waals surface area contributed by atoms with Crippen LogP contribution in [0.1, 0.15) is 0 Å². The number of nitrogens with one attached hydrogen (secondary N) is 1. The van der Waals surface area contributed by atoms with E-state index in [1.807, 2.05) is 0 Å². The first-order valence-electron chi connectivity index (χ1n) is 2.43. The summed E-state index contributed by atoms with van der Waals surface area (Å²) >= 11 is 0. The maximum absolute atomic E-state index is 10.0. The third kappa shape index (κ3) is 0.933. The van der Waals surface area contributed by atoms with Crippen LogP contribution in [0.2, 0.25) is 0 Å². The molecule has 1 rings (SSSR count). The summed E-state index contributed by atoms with van der Waals surface area (Å²) in [6.45, 7) is 0.469. The molecule has 9 heavy (non-hydrogen) atoms. The molecule has 0 aromatic rings. The summed E-state index contributed by atoms with van der Waals surface area (Å²) in [5.74, 6) is -0.00463. The van der Waals surface area contributed by atoms with Crippen molar-refractivity contribution >= 4 is 0 Å². The Labute approximate surface area is 52.1 Å². The molecule has 0 aliphatic carbocycles. The van der Waals surface area contributed by atoms with Crippen molar-refractivity contribution in [2.75, 3.05) is 13.7 Å². The van der Waals surface area contributed by atoms with Gasteiger partial charge in [0.25, 0.3) is 0 Å². The molecule has 0 aromatic heterocycles. The highest BCUT2D eigenvalue weighted by atomic mass is 16.6. The van der Waals surface area contributed by atoms with Crippen LogP contribution in [0.3, 0.4) is 0 Å². The molecule has 1 aliphatic rings. The van der Waals surface area contributed by atoms with Crippen LogP contribution in [0.4, 0.5) is 0 Å². The lowest BCUT2D eigenvalue weighted by Gasteiger charge is -2.03. The summed E-state index contributed by atoms with van der Waals surface area (Å²) < 4.78 is 0. The molecule has 0 aromatic carbocycles. The SMILES string of the molecule is CN1CN[C]=C1[N+](=O)[O-]. The van der Waals surface area contributed by atoms with Gasteiger partial charge in [-0.2, -0.15) is 0 Å². The van der Waals surface area contributed by atoms with E-state index in [9.17, 15) is 10.1 Å². The topological polar surface area (TPSA) is 58.4 Å². The van der Waals surface area contributed by atoms with Crippen molar-refractivity contribution in [3.63, 3.8) is 0 Å². The summed E-state index contributed by atoms with van der Waals surface area (Å²) in [5, 5.41) is 12.6. The molecule has 5 nitrogen and oxygen atoms in total. The maximum atomic E-state index is 10.0. The van der Waals surface area contributed by atoms with Gasteiger partial charge in [0.2, 0.25) is 0 Å². The van der Waals surface area contributed by atoms with Crippen LogP contribution in [0.5, 0.6) is 0 Å². The van der Waals surface area contributed by atoms with Gasteiger partial charge in [-0.3, -0.25) is 0 Å². The van der Waals surface area contributed by atoms with Crippen molar-refractivity contribution in [3.05, 3.63) is 22.1 Å². The van der Waals surface area contributed by atoms with Gasteiger partial charge in [-0.1, -0.05) is 0 Å². The lowest BCUT2D eigenvalue weighted by molar-refractivity contribution is -0.443. The molecule has 1 N–H and O–H groups in total. The second-order valence-corrected chi connectivity index (χ2v) is 1.74. The van der Waals surface area contributed by atoms with Crippen molar-refractivity contribution in [1.82, 2.24) is 10.2 Å². The molecule has 0 fully saturated rings. The van der Waals surface area contributed by atoms with E-state index < -0.39 is 4.92 Å². The van der Waals surface area contributed by atoms with E-state index in [2.05, 4.69) is 11.5 Å². The average Bonchev–Trinajstić information content (AvgIpc) is 2.13. The van der Waals surface area contributed by atoms with E-state index in [-0.39, 0.29) is 5.82 Å². The Morgan fingerprint density at radius 2 is 2.67 bits per heavy atom. The predicted molar refractivity (Wildman–Crippen MR) is 29.5 cm³/mol. The number of hydrogen-bond donors (Lipinski definition) is 1. The minimum Gasteiger partial charge on any atom is -0.358 e. The molecule has 0 unspecified atom stereocenters. The first-order chi connectivity index (χ1) is 4.22. The summed E-state index contributed by atoms with van der Waals surface area (Å²) in [6, 6.07) is 0. The first-order valence-corrected chi connectivity index (χ1v) is 2.43. The fraction of sp³-hybridized carbons (Fsp3) is 0.500. The highest BCUT2D eigenvalue weighted by molar-refractivity contribution is 4.87. The predicted octanol–water partition coefficient (Wildman–Crippen LogP) is -0.642. The normalized spacial score (nSPS) is 17.0. The van der Waals surface area contributed by atoms with E-state index >= 15 is 0 Å². The fourth-order valence-corrected chi connectivity index (χ4v) is 0.593. The van der Waals surface area contributed by atoms with E-state index in [1.165, 1.54) is 4.90 Å². The minimum absolute atomic E-state index is 0.00463. The quantitative estimate of drug-likeness (QED) is 0.377. The van der Waals surface area contributed by atoms with Gasteiger partial charge in [-0.15, -0.1) is 0 Å². The Balaban J connectivity index is 2.68. The summed E-state index contributed by atoms with van der Waals surface area (Å²) in [4.78, 5) is 11.0. The van der Waals surface area contributed by atoms with Gasteiger partial charge in [-0.05, 0) is 4.92 Å². The van der Waals surface area contributed by atoms with E-state index in [1.54, 1.807) is 7.05 Å². The zero-order valence-corrected chi connectivity index (χ0v) is 4.92. The molecule has 0 bridgehead atoms. The summed E-state index contributed by atoms with van der Waals surface area (Å²) in [5.41, 5.74) is 0. The number of hydrogen-bond acceptors (Lipinski definition) is 4. The standard InChI is InChI=1S/C4H6N3O2/c1-6-3-5-2-4(6)7(8)9/h5H,3H2,1H3. The Morgan fingerprint density at radius 1 is 2.00 bits per heavy atom. The van der Waals surface area contributed by atoms with Crippen LogP contribution in [-0.4, -0.2) is 23.5 Å². The molecular formula is C4H6N3O2. The van der Waals surface area contributed by atoms with Gasteiger partial charge in [0.15, 0.2) is 12.9 Å². The van der Waals surface area contributed by atoms with Crippen molar-refractivity contribution in [1.29, 1.82) is 0 Å². The van der Waals surface area contributed by atoms with E-state index in [0.29, 0.717) is 6.67 Å². The molecule has 1 aliphatic heterocycles. The summed E-state index contributed by atoms with van der Waals surface area (Å²) in [7, 11) is 1.63. The van der Waals surface area contributed by atoms with E-state index in [4.69, 9.17) is 0 Å². The second-order valence-electron chi connectivity index (χ2n) is 1.74. The highest BCUT2D eigenvalue weighted by Crippen LogP contribution is 2.02. The lowest BCUT2D eigenvalue weighted by atomic mass is 10.7. The van der Waals surface area contributed by atoms with Crippen LogP contribution < -0.4 is 5.32 Å². The lowest BCUT2D eigenvalue weighted by Crippen LogP contribution is -2.21. The molecule has 1 heterocycles. The monoisotopic (exact) mass is 128 g/mol. The van der Waals surface area contributed by atoms with Crippen LogP contribution in [0.25, 0.3) is 0 Å². The van der Waals surface area contributed by atoms with Crippen LogP contribution in [0, 0.1) is 16.3 Å². The minimum atomic E-state index is -0.472. The number of nitrogens with zero attached hydrogens (tertiary/aromatic N) is 2. The van der Waals surface area contributed by atoms with Gasteiger partial charge >= 0.3 is 5.82 Å². The fourth-order valence-electron chi connectivity index (χ4n) is 0.593. The molecule has 5 heteroatoms. The van der Waals surface area contributed by atoms with Crippen LogP contribution in [-0.2, 0) is 0 Å². The molecule has 0 saturated carbocycles. The Kier molecular flexibility index (Phi) is 1.26. The van der Waals surface area contributed by atoms with E-state index in [0.717, 1.165) is 0 Å². The van der Waals surface area contributed by atoms with Crippen molar-refractivity contribution in [2.24, 2.45) is 0 Å². The third-order valence-electron chi connectivity index (χ3n) is 1.05. The van der Waals surface area contributed by atoms with Crippen molar-refractivity contribution in [3.8, 4) is 0 Å². The Hall–Kier alpha value is -1.26. The molecule has 1 radical (unpaired) electrons. The largest absolute Gasteiger partial charge is 0.358 e. The van der Waals surface area contributed by atoms with Crippen LogP contribution >= 0.6 is 0 Å². The first kappa shape index (κ1) is 5.87. The second kappa shape index (κ2) is 1.93. The van der Waals surface area contributed by atoms with Crippen molar-refractivity contribution < 1.29 is 4.92 Å². The maximum Gasteiger partial charge on any atom is 0.345 e. The van der Waals surface area contributed by atoms with Gasteiger partial charge in [0.1, 0.15) is 0 Å². The summed E-state index contributed by atoms with van der Waals surface area (Å²) in [6.07, 6.45) is 2.40. The van der Waals surface area contributed by atoms with Gasteiger partial charge in [0, 0.05) is 0 Å². The van der Waals surface area contributed by atoms with Gasteiger partial charge < -0.3 is 15.4 Å². The van der Waals surface area contributed by atoms with Crippen molar-refractivity contribution in [2.45, 2.75) is 0 Å². The Morgan fingerprint density at radius 3 is 2.89 bits per heavy atom. The molecule has 0 spiro atoms. The molecule has 0 atom stereocenters. The van der Waals surface area contributed by atoms with Crippen LogP contribution in [0.15, 0.2) is 5.82 Å². The number of nitro groups is 1. The number of rotatable bonds is 1. The molecule has 49 valence electrons. The Bertz CT molecular complexity index is 165. The third-order valence-corrected chi connectivity index (χ3v) is 1.05. The van der Waals surface area contributed by atoms with Gasteiger partial charge in [0.05, 0.1) is 7.05 Å². The van der Waals surface area contributed by atoms with Gasteiger partial charge in [-0.25, -0.2) is 4.90 Å². The average molecular weight is 128 g/mol. The zero-order valence-electron chi connectivity index (χ0n) is 4.92. The smallest absolute Gasteiger partial charge is 0.345 e. The zero-order chi connectivity index (χ0) is 6.85. The molecule has 0 amide bonds. The highest BCUT2D eigenvalue weighted by Gasteiger charge is 2.21.